The van der Waals surface area contributed by atoms with Gasteiger partial charge in [0, 0.05) is 12.2 Å². The van der Waals surface area contributed by atoms with Crippen LogP contribution in [-0.4, -0.2) is 48.5 Å². The molecule has 0 aromatic carbocycles. The summed E-state index contributed by atoms with van der Waals surface area (Å²) < 4.78 is 10.4. The summed E-state index contributed by atoms with van der Waals surface area (Å²) in [5.41, 5.74) is 2.03. The number of carbonyl (C=O) groups is 2. The quantitative estimate of drug-likeness (QED) is 0.774. The molecule has 2 aromatic heterocycles. The minimum absolute atomic E-state index is 0.00731. The standard InChI is InChI=1S/C19H25N3O4/c1-12-16(19(24)25-3)13(2)21-17(12)18(23)20-11-14(15-7-6-10-26-15)22-8-4-5-9-22/h6-7,10,14,21H,4-5,8-9,11H2,1-3H3,(H,20,23)/t14-/m1/s1. The number of rotatable bonds is 6. The number of aryl methyl sites for hydroxylation is 1. The van der Waals surface area contributed by atoms with Gasteiger partial charge in [-0.25, -0.2) is 4.79 Å². The third-order valence-electron chi connectivity index (χ3n) is 4.96. The van der Waals surface area contributed by atoms with Gasteiger partial charge in [-0.1, -0.05) is 0 Å². The molecule has 3 rings (SSSR count). The van der Waals surface area contributed by atoms with Crippen LogP contribution in [0.3, 0.4) is 0 Å². The van der Waals surface area contributed by atoms with E-state index >= 15 is 0 Å². The Kier molecular flexibility index (Phi) is 5.46. The Balaban J connectivity index is 1.74. The van der Waals surface area contributed by atoms with E-state index in [0.717, 1.165) is 31.7 Å². The molecule has 1 amide bonds. The first-order valence-corrected chi connectivity index (χ1v) is 8.86. The molecule has 2 aromatic rings. The van der Waals surface area contributed by atoms with E-state index in [1.54, 1.807) is 20.1 Å². The molecule has 3 heterocycles. The number of nitrogens with one attached hydrogen (secondary N) is 2. The number of hydrogen-bond donors (Lipinski definition) is 2. The summed E-state index contributed by atoms with van der Waals surface area (Å²) in [5.74, 6) is 0.166. The summed E-state index contributed by atoms with van der Waals surface area (Å²) in [6.45, 7) is 5.93. The van der Waals surface area contributed by atoms with Crippen molar-refractivity contribution >= 4 is 11.9 Å². The molecule has 1 saturated heterocycles. The van der Waals surface area contributed by atoms with Gasteiger partial charge < -0.3 is 19.5 Å². The van der Waals surface area contributed by atoms with Gasteiger partial charge >= 0.3 is 5.97 Å². The predicted octanol–water partition coefficient (Wildman–Crippen LogP) is 2.58. The molecule has 140 valence electrons. The van der Waals surface area contributed by atoms with E-state index < -0.39 is 5.97 Å². The Bertz CT molecular complexity index is 773. The molecule has 0 bridgehead atoms. The molecule has 1 aliphatic heterocycles. The van der Waals surface area contributed by atoms with Gasteiger partial charge in [-0.15, -0.1) is 0 Å². The van der Waals surface area contributed by atoms with Crippen LogP contribution in [0.15, 0.2) is 22.8 Å². The molecule has 0 spiro atoms. The van der Waals surface area contributed by atoms with Gasteiger partial charge in [0.2, 0.25) is 0 Å². The van der Waals surface area contributed by atoms with E-state index in [2.05, 4.69) is 15.2 Å². The normalized spacial score (nSPS) is 15.8. The Morgan fingerprint density at radius 2 is 2.08 bits per heavy atom. The van der Waals surface area contributed by atoms with Crippen LogP contribution in [0.1, 0.15) is 56.7 Å². The molecule has 7 nitrogen and oxygen atoms in total. The van der Waals surface area contributed by atoms with E-state index in [4.69, 9.17) is 9.15 Å². The number of ether oxygens (including phenoxy) is 1. The number of aromatic nitrogens is 1. The molecule has 26 heavy (non-hydrogen) atoms. The first-order chi connectivity index (χ1) is 12.5. The van der Waals surface area contributed by atoms with E-state index in [9.17, 15) is 9.59 Å². The van der Waals surface area contributed by atoms with E-state index in [1.165, 1.54) is 7.11 Å². The summed E-state index contributed by atoms with van der Waals surface area (Å²) >= 11 is 0. The van der Waals surface area contributed by atoms with E-state index in [1.807, 2.05) is 12.1 Å². The molecule has 7 heteroatoms. The van der Waals surface area contributed by atoms with Gasteiger partial charge in [0.05, 0.1) is 25.0 Å². The highest BCUT2D eigenvalue weighted by Gasteiger charge is 2.27. The number of furan rings is 1. The van der Waals surface area contributed by atoms with Crippen LogP contribution in [0, 0.1) is 13.8 Å². The topological polar surface area (TPSA) is 87.6 Å². The Morgan fingerprint density at radius 3 is 2.69 bits per heavy atom. The van der Waals surface area contributed by atoms with Gasteiger partial charge in [-0.3, -0.25) is 9.69 Å². The Labute approximate surface area is 152 Å². The third-order valence-corrected chi connectivity index (χ3v) is 4.96. The summed E-state index contributed by atoms with van der Waals surface area (Å²) in [6.07, 6.45) is 3.96. The smallest absolute Gasteiger partial charge is 0.339 e. The van der Waals surface area contributed by atoms with Crippen LogP contribution in [0.2, 0.25) is 0 Å². The number of likely N-dealkylation sites (tertiary alicyclic amines) is 1. The number of H-pyrrole nitrogens is 1. The van der Waals surface area contributed by atoms with Crippen molar-refractivity contribution < 1.29 is 18.7 Å². The Hall–Kier alpha value is -2.54. The maximum Gasteiger partial charge on any atom is 0.339 e. The van der Waals surface area contributed by atoms with Crippen molar-refractivity contribution in [1.82, 2.24) is 15.2 Å². The first-order valence-electron chi connectivity index (χ1n) is 8.86. The maximum absolute atomic E-state index is 12.7. The number of amides is 1. The summed E-state index contributed by atoms with van der Waals surface area (Å²) in [7, 11) is 1.33. The SMILES string of the molecule is COC(=O)c1c(C)[nH]c(C(=O)NC[C@H](c2ccco2)N2CCCC2)c1C. The highest BCUT2D eigenvalue weighted by molar-refractivity contribution is 6.00. The van der Waals surface area contributed by atoms with E-state index in [-0.39, 0.29) is 11.9 Å². The molecule has 1 fully saturated rings. The molecule has 0 radical (unpaired) electrons. The van der Waals surface area contributed by atoms with Crippen molar-refractivity contribution in [2.75, 3.05) is 26.7 Å². The lowest BCUT2D eigenvalue weighted by atomic mass is 10.1. The van der Waals surface area contributed by atoms with Crippen molar-refractivity contribution in [1.29, 1.82) is 0 Å². The molecule has 0 saturated carbocycles. The zero-order valence-electron chi connectivity index (χ0n) is 15.4. The van der Waals surface area contributed by atoms with Crippen LogP contribution in [-0.2, 0) is 4.74 Å². The molecule has 0 unspecified atom stereocenters. The fraction of sp³-hybridized carbons (Fsp3) is 0.474. The zero-order valence-corrected chi connectivity index (χ0v) is 15.4. The zero-order chi connectivity index (χ0) is 18.7. The van der Waals surface area contributed by atoms with Gasteiger partial charge in [-0.2, -0.15) is 0 Å². The highest BCUT2D eigenvalue weighted by atomic mass is 16.5. The number of hydrogen-bond acceptors (Lipinski definition) is 5. The highest BCUT2D eigenvalue weighted by Crippen LogP contribution is 2.25. The van der Waals surface area contributed by atoms with Crippen molar-refractivity contribution in [3.05, 3.63) is 46.7 Å². The maximum atomic E-state index is 12.7. The Morgan fingerprint density at radius 1 is 1.35 bits per heavy atom. The van der Waals surface area contributed by atoms with Crippen molar-refractivity contribution in [2.45, 2.75) is 32.7 Å². The number of aromatic amines is 1. The summed E-state index contributed by atoms with van der Waals surface area (Å²) in [5, 5.41) is 2.98. The molecule has 1 aliphatic rings. The lowest BCUT2D eigenvalue weighted by molar-refractivity contribution is 0.0599. The van der Waals surface area contributed by atoms with Gasteiger partial charge in [0.15, 0.2) is 0 Å². The molecular formula is C19H25N3O4. The monoisotopic (exact) mass is 359 g/mol. The minimum Gasteiger partial charge on any atom is -0.468 e. The second-order valence-corrected chi connectivity index (χ2v) is 6.60. The van der Waals surface area contributed by atoms with Crippen LogP contribution in [0.4, 0.5) is 0 Å². The number of nitrogens with zero attached hydrogens (tertiary/aromatic N) is 1. The summed E-state index contributed by atoms with van der Waals surface area (Å²) in [6, 6.07) is 3.81. The number of esters is 1. The number of carbonyl (C=O) groups excluding carboxylic acids is 2. The van der Waals surface area contributed by atoms with Crippen molar-refractivity contribution in [3.63, 3.8) is 0 Å². The van der Waals surface area contributed by atoms with Gasteiger partial charge in [-0.05, 0) is 57.5 Å². The fourth-order valence-electron chi connectivity index (χ4n) is 3.61. The average Bonchev–Trinajstić information content (AvgIpc) is 3.37. The number of methoxy groups -OCH3 is 1. The molecule has 1 atom stereocenters. The van der Waals surface area contributed by atoms with Crippen LogP contribution in [0.5, 0.6) is 0 Å². The molecule has 0 aliphatic carbocycles. The fourth-order valence-corrected chi connectivity index (χ4v) is 3.61. The molecular weight excluding hydrogens is 334 g/mol. The van der Waals surface area contributed by atoms with Gasteiger partial charge in [0.25, 0.3) is 5.91 Å². The predicted molar refractivity (Wildman–Crippen MR) is 96.2 cm³/mol. The van der Waals surface area contributed by atoms with E-state index in [0.29, 0.717) is 29.1 Å². The lowest BCUT2D eigenvalue weighted by Gasteiger charge is -2.25. The van der Waals surface area contributed by atoms with Crippen LogP contribution >= 0.6 is 0 Å². The average molecular weight is 359 g/mol. The second-order valence-electron chi connectivity index (χ2n) is 6.60. The van der Waals surface area contributed by atoms with Crippen molar-refractivity contribution in [3.8, 4) is 0 Å². The summed E-state index contributed by atoms with van der Waals surface area (Å²) in [4.78, 5) is 29.9. The van der Waals surface area contributed by atoms with Gasteiger partial charge in [0.1, 0.15) is 11.5 Å². The largest absolute Gasteiger partial charge is 0.468 e. The van der Waals surface area contributed by atoms with Crippen LogP contribution < -0.4 is 5.32 Å². The lowest BCUT2D eigenvalue weighted by Crippen LogP contribution is -2.37. The third kappa shape index (κ3) is 3.53. The minimum atomic E-state index is -0.444. The molecule has 2 N–H and O–H groups in total. The first kappa shape index (κ1) is 18.3. The van der Waals surface area contributed by atoms with Crippen molar-refractivity contribution in [2.24, 2.45) is 0 Å². The second kappa shape index (κ2) is 7.78. The van der Waals surface area contributed by atoms with Crippen LogP contribution in [0.25, 0.3) is 0 Å².